The third kappa shape index (κ3) is 1.87. The van der Waals surface area contributed by atoms with Crippen molar-refractivity contribution >= 4 is 17.1 Å². The molecule has 1 aliphatic heterocycles. The van der Waals surface area contributed by atoms with E-state index in [0.717, 1.165) is 0 Å². The summed E-state index contributed by atoms with van der Waals surface area (Å²) in [5, 5.41) is 19.0. The number of hydrogen-bond acceptors (Lipinski definition) is 7. The molecule has 1 saturated heterocycles. The normalized spacial score (nSPS) is 27.2. The number of aromatic nitrogens is 4. The monoisotopic (exact) mass is 267 g/mol. The van der Waals surface area contributed by atoms with E-state index in [9.17, 15) is 9.90 Å². The van der Waals surface area contributed by atoms with Gasteiger partial charge >= 0.3 is 0 Å². The Hall–Kier alpha value is -1.97. The molecule has 0 amide bonds. The number of rotatable bonds is 2. The highest BCUT2D eigenvalue weighted by Gasteiger charge is 2.35. The zero-order valence-electron chi connectivity index (χ0n) is 9.85. The molecule has 0 aliphatic carbocycles. The average molecular weight is 267 g/mol. The van der Waals surface area contributed by atoms with E-state index >= 15 is 0 Å². The first kappa shape index (κ1) is 12.1. The molecule has 3 atom stereocenters. The lowest BCUT2D eigenvalue weighted by Crippen LogP contribution is -2.20. The minimum absolute atomic E-state index is 0.0366. The van der Waals surface area contributed by atoms with Gasteiger partial charge in [-0.05, 0) is 0 Å². The van der Waals surface area contributed by atoms with Gasteiger partial charge in [0.25, 0.3) is 5.56 Å². The zero-order chi connectivity index (χ0) is 13.6. The molecule has 9 nitrogen and oxygen atoms in total. The summed E-state index contributed by atoms with van der Waals surface area (Å²) in [7, 11) is 0. The molecule has 3 heterocycles. The van der Waals surface area contributed by atoms with Gasteiger partial charge in [-0.1, -0.05) is 0 Å². The Bertz CT molecular complexity index is 665. The van der Waals surface area contributed by atoms with Crippen molar-refractivity contribution in [2.75, 3.05) is 12.3 Å². The van der Waals surface area contributed by atoms with Crippen LogP contribution in [0, 0.1) is 0 Å². The number of aliphatic hydroxyl groups is 2. The molecule has 1 aliphatic rings. The van der Waals surface area contributed by atoms with E-state index in [1.165, 1.54) is 10.9 Å². The number of imidazole rings is 1. The Morgan fingerprint density at radius 1 is 1.63 bits per heavy atom. The first-order valence-corrected chi connectivity index (χ1v) is 5.77. The highest BCUT2D eigenvalue weighted by molar-refractivity contribution is 5.70. The Kier molecular flexibility index (Phi) is 2.73. The van der Waals surface area contributed by atoms with Crippen LogP contribution in [0.4, 0.5) is 5.95 Å². The lowest BCUT2D eigenvalue weighted by Gasteiger charge is -2.16. The molecule has 2 aromatic rings. The number of nitrogens with one attached hydrogen (secondary N) is 1. The van der Waals surface area contributed by atoms with Crippen molar-refractivity contribution in [2.45, 2.75) is 24.9 Å². The third-order valence-electron chi connectivity index (χ3n) is 3.09. The summed E-state index contributed by atoms with van der Waals surface area (Å²) >= 11 is 0. The molecular weight excluding hydrogens is 254 g/mol. The number of H-pyrrole nitrogens is 1. The third-order valence-corrected chi connectivity index (χ3v) is 3.09. The maximum atomic E-state index is 11.6. The fraction of sp³-hybridized carbons (Fsp3) is 0.500. The van der Waals surface area contributed by atoms with Crippen molar-refractivity contribution in [3.8, 4) is 0 Å². The predicted molar refractivity (Wildman–Crippen MR) is 64.2 cm³/mol. The number of aliphatic hydroxyl groups excluding tert-OH is 2. The van der Waals surface area contributed by atoms with Crippen LogP contribution in [0.5, 0.6) is 0 Å². The summed E-state index contributed by atoms with van der Waals surface area (Å²) < 4.78 is 6.93. The van der Waals surface area contributed by atoms with Gasteiger partial charge in [0.2, 0.25) is 5.95 Å². The molecule has 1 unspecified atom stereocenters. The lowest BCUT2D eigenvalue weighted by atomic mass is 10.2. The average Bonchev–Trinajstić information content (AvgIpc) is 2.92. The second-order valence-corrected chi connectivity index (χ2v) is 4.41. The van der Waals surface area contributed by atoms with E-state index in [4.69, 9.17) is 15.6 Å². The Labute approximate surface area is 106 Å². The molecule has 3 rings (SSSR count). The molecule has 0 radical (unpaired) electrons. The maximum Gasteiger partial charge on any atom is 0.280 e. The molecule has 5 N–H and O–H groups in total. The van der Waals surface area contributed by atoms with Gasteiger partial charge < -0.3 is 20.7 Å². The van der Waals surface area contributed by atoms with Gasteiger partial charge in [-0.25, -0.2) is 4.98 Å². The molecule has 0 aromatic carbocycles. The zero-order valence-corrected chi connectivity index (χ0v) is 9.85. The largest absolute Gasteiger partial charge is 0.394 e. The van der Waals surface area contributed by atoms with E-state index in [0.29, 0.717) is 6.42 Å². The molecule has 1 fully saturated rings. The minimum Gasteiger partial charge on any atom is -0.394 e. The number of ether oxygens (including phenoxy) is 1. The molecule has 0 bridgehead atoms. The van der Waals surface area contributed by atoms with Crippen molar-refractivity contribution < 1.29 is 14.9 Å². The van der Waals surface area contributed by atoms with Crippen LogP contribution in [-0.2, 0) is 4.74 Å². The first-order valence-electron chi connectivity index (χ1n) is 5.77. The summed E-state index contributed by atoms with van der Waals surface area (Å²) in [4.78, 5) is 21.9. The van der Waals surface area contributed by atoms with Crippen LogP contribution in [0.3, 0.4) is 0 Å². The smallest absolute Gasteiger partial charge is 0.280 e. The molecular formula is C10H13N5O4. The molecule has 2 aromatic heterocycles. The number of nitrogens with two attached hydrogens (primary N) is 1. The topological polar surface area (TPSA) is 139 Å². The van der Waals surface area contributed by atoms with Crippen LogP contribution in [-0.4, -0.2) is 48.5 Å². The van der Waals surface area contributed by atoms with E-state index in [-0.39, 0.29) is 23.7 Å². The highest BCUT2D eigenvalue weighted by atomic mass is 16.5. The Morgan fingerprint density at radius 2 is 2.42 bits per heavy atom. The summed E-state index contributed by atoms with van der Waals surface area (Å²) in [6, 6.07) is 0. The van der Waals surface area contributed by atoms with Gasteiger partial charge in [-0.15, -0.1) is 0 Å². The van der Waals surface area contributed by atoms with E-state index in [1.54, 1.807) is 0 Å². The van der Waals surface area contributed by atoms with E-state index in [2.05, 4.69) is 15.0 Å². The van der Waals surface area contributed by atoms with Crippen LogP contribution < -0.4 is 11.3 Å². The van der Waals surface area contributed by atoms with E-state index in [1.807, 2.05) is 0 Å². The number of fused-ring (bicyclic) bond motifs is 1. The van der Waals surface area contributed by atoms with Gasteiger partial charge in [0.05, 0.1) is 19.0 Å². The number of aromatic amines is 1. The molecule has 0 saturated carbocycles. The molecule has 102 valence electrons. The summed E-state index contributed by atoms with van der Waals surface area (Å²) in [6.07, 6.45) is -0.330. The quantitative estimate of drug-likeness (QED) is 0.510. The van der Waals surface area contributed by atoms with Gasteiger partial charge in [-0.3, -0.25) is 14.3 Å². The number of nitrogen functional groups attached to an aromatic ring is 1. The number of hydrogen-bond donors (Lipinski definition) is 4. The van der Waals surface area contributed by atoms with Crippen molar-refractivity contribution in [3.05, 3.63) is 16.7 Å². The SMILES string of the molecule is Nc1nc2c(ncn2C2O[C@H](CO)C[C@@H]2O)c(=O)[nH]1. The Morgan fingerprint density at radius 3 is 3.11 bits per heavy atom. The number of nitrogens with zero attached hydrogens (tertiary/aromatic N) is 3. The fourth-order valence-electron chi connectivity index (χ4n) is 2.23. The van der Waals surface area contributed by atoms with Crippen LogP contribution in [0.1, 0.15) is 12.6 Å². The standard InChI is InChI=1S/C10H13N5O4/c11-10-13-7-6(8(18)14-10)12-3-15(7)9-5(17)1-4(2-16)19-9/h3-5,9,16-17H,1-2H2,(H3,11,13,14,18)/t4-,5-,9?/m0/s1. The molecule has 19 heavy (non-hydrogen) atoms. The lowest BCUT2D eigenvalue weighted by molar-refractivity contribution is -0.0486. The second-order valence-electron chi connectivity index (χ2n) is 4.41. The maximum absolute atomic E-state index is 11.6. The Balaban J connectivity index is 2.09. The first-order chi connectivity index (χ1) is 9.10. The summed E-state index contributed by atoms with van der Waals surface area (Å²) in [5.41, 5.74) is 5.40. The second kappa shape index (κ2) is 4.30. The summed E-state index contributed by atoms with van der Waals surface area (Å²) in [5.74, 6) is -0.0366. The van der Waals surface area contributed by atoms with Crippen molar-refractivity contribution in [3.63, 3.8) is 0 Å². The van der Waals surface area contributed by atoms with Crippen molar-refractivity contribution in [1.29, 1.82) is 0 Å². The van der Waals surface area contributed by atoms with Crippen LogP contribution in [0.2, 0.25) is 0 Å². The predicted octanol–water partition coefficient (Wildman–Crippen LogP) is -1.66. The van der Waals surface area contributed by atoms with Crippen molar-refractivity contribution in [2.24, 2.45) is 0 Å². The molecule has 0 spiro atoms. The van der Waals surface area contributed by atoms with Gasteiger partial charge in [0, 0.05) is 6.42 Å². The van der Waals surface area contributed by atoms with Gasteiger partial charge in [-0.2, -0.15) is 4.98 Å². The molecule has 9 heteroatoms. The van der Waals surface area contributed by atoms with E-state index < -0.39 is 24.0 Å². The van der Waals surface area contributed by atoms with Crippen molar-refractivity contribution in [1.82, 2.24) is 19.5 Å². The highest BCUT2D eigenvalue weighted by Crippen LogP contribution is 2.30. The van der Waals surface area contributed by atoms with Gasteiger partial charge in [0.1, 0.15) is 6.10 Å². The van der Waals surface area contributed by atoms with Crippen LogP contribution in [0.25, 0.3) is 11.2 Å². The summed E-state index contributed by atoms with van der Waals surface area (Å²) in [6.45, 7) is -0.184. The fourth-order valence-corrected chi connectivity index (χ4v) is 2.23. The number of anilines is 1. The van der Waals surface area contributed by atoms with Crippen LogP contribution in [0.15, 0.2) is 11.1 Å². The van der Waals surface area contributed by atoms with Gasteiger partial charge in [0.15, 0.2) is 17.4 Å². The van der Waals surface area contributed by atoms with Crippen LogP contribution >= 0.6 is 0 Å². The minimum atomic E-state index is -0.808.